The molecule has 9 nitrogen and oxygen atoms in total. The van der Waals surface area contributed by atoms with Crippen LogP contribution in [0, 0.1) is 0 Å². The summed E-state index contributed by atoms with van der Waals surface area (Å²) in [5.41, 5.74) is 2.62. The van der Waals surface area contributed by atoms with Crippen LogP contribution in [0.1, 0.15) is 10.4 Å². The van der Waals surface area contributed by atoms with Crippen LogP contribution >= 0.6 is 0 Å². The largest absolute Gasteiger partial charge is 0.387 e. The monoisotopic (exact) mass is 380 g/mol. The van der Waals surface area contributed by atoms with Crippen LogP contribution in [-0.4, -0.2) is 69.2 Å². The number of carbonyl (C=O) groups is 2. The first-order chi connectivity index (χ1) is 13.7. The number of nitrogens with one attached hydrogen (secondary N) is 1. The summed E-state index contributed by atoms with van der Waals surface area (Å²) in [6.07, 6.45) is 4.86. The van der Waals surface area contributed by atoms with Crippen molar-refractivity contribution in [2.45, 2.75) is 0 Å². The van der Waals surface area contributed by atoms with E-state index in [2.05, 4.69) is 20.3 Å². The summed E-state index contributed by atoms with van der Waals surface area (Å²) in [6, 6.07) is 9.32. The van der Waals surface area contributed by atoms with Crippen LogP contribution in [0.3, 0.4) is 0 Å². The van der Waals surface area contributed by atoms with Crippen LogP contribution in [0.4, 0.5) is 11.4 Å². The van der Waals surface area contributed by atoms with Crippen molar-refractivity contribution in [2.24, 2.45) is 0 Å². The molecule has 2 aromatic heterocycles. The number of hydrogen-bond donors (Lipinski definition) is 2. The topological polar surface area (TPSA) is 103 Å². The van der Waals surface area contributed by atoms with Crippen molar-refractivity contribution in [2.75, 3.05) is 43.0 Å². The number of carbonyl (C=O) groups excluding carboxylic acids is 2. The van der Waals surface area contributed by atoms with Gasteiger partial charge in [0.1, 0.15) is 12.2 Å². The van der Waals surface area contributed by atoms with E-state index in [1.165, 1.54) is 6.20 Å². The number of fused-ring (bicyclic) bond motifs is 1. The molecule has 0 atom stereocenters. The second-order valence-electron chi connectivity index (χ2n) is 6.47. The Balaban J connectivity index is 1.40. The van der Waals surface area contributed by atoms with Crippen molar-refractivity contribution in [1.29, 1.82) is 0 Å². The summed E-state index contributed by atoms with van der Waals surface area (Å²) >= 11 is 0. The Kier molecular flexibility index (Phi) is 4.90. The number of piperazine rings is 1. The molecule has 1 aliphatic rings. The maximum Gasteiger partial charge on any atom is 0.261 e. The lowest BCUT2D eigenvalue weighted by Crippen LogP contribution is -2.49. The summed E-state index contributed by atoms with van der Waals surface area (Å²) in [4.78, 5) is 32.1. The van der Waals surface area contributed by atoms with Gasteiger partial charge in [0.25, 0.3) is 5.91 Å². The Morgan fingerprint density at radius 3 is 2.57 bits per heavy atom. The van der Waals surface area contributed by atoms with Gasteiger partial charge < -0.3 is 20.2 Å². The zero-order valence-corrected chi connectivity index (χ0v) is 15.2. The maximum atomic E-state index is 12.5. The summed E-state index contributed by atoms with van der Waals surface area (Å²) in [6.45, 7) is 2.12. The first kappa shape index (κ1) is 17.9. The molecule has 4 rings (SSSR count). The molecule has 1 saturated heterocycles. The van der Waals surface area contributed by atoms with Crippen LogP contribution in [0.2, 0.25) is 0 Å². The standard InChI is InChI=1S/C19H20N6O3/c26-13-17(27)24-10-8-23(9-11-24)15-4-2-14(3-5-15)22-19(28)16-12-21-25-7-1-6-20-18(16)25/h1-7,12,26H,8-11,13H2,(H,22,28). The molecule has 144 valence electrons. The average molecular weight is 380 g/mol. The number of aliphatic hydroxyl groups excluding tert-OH is 1. The Bertz CT molecular complexity index is 992. The number of aliphatic hydroxyl groups is 1. The van der Waals surface area contributed by atoms with Gasteiger partial charge in [-0.25, -0.2) is 9.50 Å². The van der Waals surface area contributed by atoms with Crippen LogP contribution < -0.4 is 10.2 Å². The molecule has 0 saturated carbocycles. The number of benzene rings is 1. The van der Waals surface area contributed by atoms with E-state index in [0.717, 1.165) is 5.69 Å². The first-order valence-corrected chi connectivity index (χ1v) is 8.99. The smallest absolute Gasteiger partial charge is 0.261 e. The second-order valence-corrected chi connectivity index (χ2v) is 6.47. The van der Waals surface area contributed by atoms with Crippen molar-refractivity contribution in [1.82, 2.24) is 19.5 Å². The Hall–Kier alpha value is -3.46. The number of hydrogen-bond acceptors (Lipinski definition) is 6. The molecule has 9 heteroatoms. The van der Waals surface area contributed by atoms with Gasteiger partial charge >= 0.3 is 0 Å². The van der Waals surface area contributed by atoms with E-state index in [-0.39, 0.29) is 11.8 Å². The van der Waals surface area contributed by atoms with Crippen molar-refractivity contribution >= 4 is 28.8 Å². The third-order valence-corrected chi connectivity index (χ3v) is 4.78. The highest BCUT2D eigenvalue weighted by Crippen LogP contribution is 2.20. The average Bonchev–Trinajstić information content (AvgIpc) is 3.18. The predicted octanol–water partition coefficient (Wildman–Crippen LogP) is 0.622. The molecule has 1 aliphatic heterocycles. The molecular weight excluding hydrogens is 360 g/mol. The highest BCUT2D eigenvalue weighted by Gasteiger charge is 2.20. The third-order valence-electron chi connectivity index (χ3n) is 4.78. The molecule has 3 heterocycles. The SMILES string of the molecule is O=C(Nc1ccc(N2CCN(C(=O)CO)CC2)cc1)c1cnn2cccnc12. The van der Waals surface area contributed by atoms with Crippen LogP contribution in [0.25, 0.3) is 5.65 Å². The highest BCUT2D eigenvalue weighted by molar-refractivity contribution is 6.08. The molecule has 1 aromatic carbocycles. The lowest BCUT2D eigenvalue weighted by atomic mass is 10.2. The fourth-order valence-electron chi connectivity index (χ4n) is 3.26. The number of nitrogens with zero attached hydrogens (tertiary/aromatic N) is 5. The van der Waals surface area contributed by atoms with Crippen LogP contribution in [0.5, 0.6) is 0 Å². The fraction of sp³-hybridized carbons (Fsp3) is 0.263. The zero-order chi connectivity index (χ0) is 19.5. The van der Waals surface area contributed by atoms with Gasteiger partial charge in [-0.2, -0.15) is 5.10 Å². The van der Waals surface area contributed by atoms with Crippen LogP contribution in [0.15, 0.2) is 48.9 Å². The van der Waals surface area contributed by atoms with Gasteiger partial charge in [-0.15, -0.1) is 0 Å². The van der Waals surface area contributed by atoms with E-state index in [9.17, 15) is 9.59 Å². The van der Waals surface area contributed by atoms with Gasteiger partial charge in [0.05, 0.1) is 6.20 Å². The lowest BCUT2D eigenvalue weighted by Gasteiger charge is -2.35. The highest BCUT2D eigenvalue weighted by atomic mass is 16.3. The molecule has 2 amide bonds. The molecule has 3 aromatic rings. The summed E-state index contributed by atoms with van der Waals surface area (Å²) in [5, 5.41) is 15.9. The maximum absolute atomic E-state index is 12.5. The summed E-state index contributed by atoms with van der Waals surface area (Å²) in [7, 11) is 0. The minimum absolute atomic E-state index is 0.236. The second kappa shape index (κ2) is 7.65. The van der Waals surface area contributed by atoms with Gasteiger partial charge in [0, 0.05) is 49.9 Å². The van der Waals surface area contributed by atoms with Gasteiger partial charge in [-0.05, 0) is 30.3 Å². The molecular formula is C19H20N6O3. The molecule has 0 bridgehead atoms. The molecule has 28 heavy (non-hydrogen) atoms. The van der Waals surface area contributed by atoms with Crippen molar-refractivity contribution in [3.63, 3.8) is 0 Å². The quantitative estimate of drug-likeness (QED) is 0.688. The Morgan fingerprint density at radius 1 is 1.11 bits per heavy atom. The Labute approximate surface area is 161 Å². The number of aromatic nitrogens is 3. The van der Waals surface area contributed by atoms with Gasteiger partial charge in [-0.3, -0.25) is 9.59 Å². The van der Waals surface area contributed by atoms with E-state index in [1.807, 2.05) is 24.3 Å². The molecule has 0 radical (unpaired) electrons. The molecule has 0 aliphatic carbocycles. The van der Waals surface area contributed by atoms with Crippen molar-refractivity contribution < 1.29 is 14.7 Å². The van der Waals surface area contributed by atoms with E-state index < -0.39 is 6.61 Å². The van der Waals surface area contributed by atoms with E-state index in [1.54, 1.807) is 27.9 Å². The van der Waals surface area contributed by atoms with Gasteiger partial charge in [0.15, 0.2) is 5.65 Å². The minimum Gasteiger partial charge on any atom is -0.387 e. The molecule has 0 unspecified atom stereocenters. The number of amides is 2. The van der Waals surface area contributed by atoms with E-state index in [4.69, 9.17) is 5.11 Å². The lowest BCUT2D eigenvalue weighted by molar-refractivity contribution is -0.134. The Morgan fingerprint density at radius 2 is 1.86 bits per heavy atom. The normalized spacial score (nSPS) is 14.3. The zero-order valence-electron chi connectivity index (χ0n) is 15.2. The molecule has 2 N–H and O–H groups in total. The fourth-order valence-corrected chi connectivity index (χ4v) is 3.26. The summed E-state index contributed by atoms with van der Waals surface area (Å²) in [5.74, 6) is -0.502. The number of rotatable bonds is 4. The number of anilines is 2. The predicted molar refractivity (Wildman–Crippen MR) is 103 cm³/mol. The molecule has 1 fully saturated rings. The van der Waals surface area contributed by atoms with Crippen molar-refractivity contribution in [3.05, 3.63) is 54.5 Å². The van der Waals surface area contributed by atoms with Crippen LogP contribution in [-0.2, 0) is 4.79 Å². The van der Waals surface area contributed by atoms with Gasteiger partial charge in [0.2, 0.25) is 5.91 Å². The minimum atomic E-state index is -0.448. The van der Waals surface area contributed by atoms with Crippen molar-refractivity contribution in [3.8, 4) is 0 Å². The van der Waals surface area contributed by atoms with E-state index in [0.29, 0.717) is 43.1 Å². The third kappa shape index (κ3) is 3.52. The van der Waals surface area contributed by atoms with E-state index >= 15 is 0 Å². The van der Waals surface area contributed by atoms with Gasteiger partial charge in [-0.1, -0.05) is 0 Å². The summed E-state index contributed by atoms with van der Waals surface area (Å²) < 4.78 is 1.55. The molecule has 0 spiro atoms. The first-order valence-electron chi connectivity index (χ1n) is 8.99.